The molecule has 0 aliphatic carbocycles. The van der Waals surface area contributed by atoms with Crippen LogP contribution < -0.4 is 16.0 Å². The van der Waals surface area contributed by atoms with Crippen LogP contribution in [0.25, 0.3) is 0 Å². The number of pyridine rings is 2. The number of ether oxygens (including phenoxy) is 1. The van der Waals surface area contributed by atoms with Crippen LogP contribution in [-0.2, 0) is 4.74 Å². The topological polar surface area (TPSA) is 93.4 Å². The Morgan fingerprint density at radius 2 is 2.26 bits per heavy atom. The molecular formula is C20H23N5O2. The van der Waals surface area contributed by atoms with Crippen LogP contribution in [0, 0.1) is 11.8 Å². The third-order valence-corrected chi connectivity index (χ3v) is 4.24. The molecule has 1 fully saturated rings. The molecule has 0 bridgehead atoms. The van der Waals surface area contributed by atoms with E-state index in [0.717, 1.165) is 38.4 Å². The third kappa shape index (κ3) is 4.82. The summed E-state index contributed by atoms with van der Waals surface area (Å²) in [4.78, 5) is 23.8. The van der Waals surface area contributed by atoms with Crippen molar-refractivity contribution in [1.82, 2.24) is 15.3 Å². The maximum Gasteiger partial charge on any atom is 0.215 e. The van der Waals surface area contributed by atoms with Crippen molar-refractivity contribution in [3.63, 3.8) is 0 Å². The number of methoxy groups -OCH3 is 1. The third-order valence-electron chi connectivity index (χ3n) is 4.24. The molecule has 0 spiro atoms. The number of carbonyl (C=O) groups excluding carboxylic acids is 1. The monoisotopic (exact) mass is 365 g/mol. The number of rotatable bonds is 4. The number of carbonyl (C=O) groups is 1. The zero-order valence-corrected chi connectivity index (χ0v) is 15.4. The van der Waals surface area contributed by atoms with Crippen LogP contribution in [0.1, 0.15) is 28.0 Å². The molecule has 1 aliphatic heterocycles. The van der Waals surface area contributed by atoms with Crippen LogP contribution in [-0.4, -0.2) is 55.6 Å². The van der Waals surface area contributed by atoms with E-state index in [1.54, 1.807) is 25.4 Å². The molecule has 7 heteroatoms. The molecule has 1 saturated heterocycles. The Kier molecular flexibility index (Phi) is 6.36. The molecule has 140 valence electrons. The summed E-state index contributed by atoms with van der Waals surface area (Å²) in [6, 6.07) is 7.12. The number of hydrogen-bond donors (Lipinski definition) is 2. The van der Waals surface area contributed by atoms with Crippen molar-refractivity contribution in [2.45, 2.75) is 6.42 Å². The quantitative estimate of drug-likeness (QED) is 0.619. The van der Waals surface area contributed by atoms with Gasteiger partial charge in [0.25, 0.3) is 0 Å². The first-order valence-corrected chi connectivity index (χ1v) is 8.90. The number of nitrogens with zero attached hydrogens (tertiary/aromatic N) is 3. The molecule has 0 aromatic carbocycles. The van der Waals surface area contributed by atoms with Crippen molar-refractivity contribution in [2.24, 2.45) is 0 Å². The second-order valence-electron chi connectivity index (χ2n) is 6.19. The molecule has 7 nitrogen and oxygen atoms in total. The van der Waals surface area contributed by atoms with Crippen LogP contribution in [0.5, 0.6) is 0 Å². The van der Waals surface area contributed by atoms with Crippen molar-refractivity contribution in [2.75, 3.05) is 50.5 Å². The van der Waals surface area contributed by atoms with Gasteiger partial charge in [-0.15, -0.1) is 0 Å². The summed E-state index contributed by atoms with van der Waals surface area (Å²) in [5, 5.41) is 3.36. The van der Waals surface area contributed by atoms with E-state index < -0.39 is 0 Å². The van der Waals surface area contributed by atoms with Gasteiger partial charge >= 0.3 is 0 Å². The largest absolute Gasteiger partial charge is 0.383 e. The molecule has 3 rings (SSSR count). The van der Waals surface area contributed by atoms with Crippen molar-refractivity contribution in [1.29, 1.82) is 0 Å². The lowest BCUT2D eigenvalue weighted by molar-refractivity contribution is 0.103. The molecule has 0 saturated carbocycles. The first-order chi connectivity index (χ1) is 13.2. The summed E-state index contributed by atoms with van der Waals surface area (Å²) in [5.41, 5.74) is 7.20. The van der Waals surface area contributed by atoms with Gasteiger partial charge in [0.1, 0.15) is 23.9 Å². The van der Waals surface area contributed by atoms with E-state index in [0.29, 0.717) is 23.4 Å². The fourth-order valence-corrected chi connectivity index (χ4v) is 2.87. The molecule has 0 amide bonds. The molecule has 0 unspecified atom stereocenters. The van der Waals surface area contributed by atoms with Gasteiger partial charge in [-0.3, -0.25) is 4.79 Å². The molecular weight excluding hydrogens is 342 g/mol. The lowest BCUT2D eigenvalue weighted by Crippen LogP contribution is -2.29. The molecule has 1 aliphatic rings. The van der Waals surface area contributed by atoms with Gasteiger partial charge in [0.2, 0.25) is 5.78 Å². The smallest absolute Gasteiger partial charge is 0.215 e. The van der Waals surface area contributed by atoms with Gasteiger partial charge in [0, 0.05) is 38.5 Å². The minimum Gasteiger partial charge on any atom is -0.383 e. The number of nitrogens with two attached hydrogens (primary N) is 1. The first-order valence-electron chi connectivity index (χ1n) is 8.90. The Hall–Kier alpha value is -2.95. The molecule has 3 N–H and O–H groups in total. The van der Waals surface area contributed by atoms with E-state index in [4.69, 9.17) is 10.5 Å². The predicted molar refractivity (Wildman–Crippen MR) is 105 cm³/mol. The maximum absolute atomic E-state index is 13.0. The standard InChI is InChI=1S/C20H23N5O2/c1-27-12-3-5-15-13-16(20(21)23-14-15)19(26)17-6-2-7-18(24-17)25-10-4-8-22-9-11-25/h2,6-7,13-14,22H,4,8-12H2,1H3,(H2,21,23). The zero-order chi connectivity index (χ0) is 19.1. The van der Waals surface area contributed by atoms with Crippen molar-refractivity contribution in [3.05, 3.63) is 47.3 Å². The minimum absolute atomic E-state index is 0.170. The second-order valence-corrected chi connectivity index (χ2v) is 6.19. The van der Waals surface area contributed by atoms with Crippen LogP contribution in [0.4, 0.5) is 11.6 Å². The molecule has 3 heterocycles. The molecule has 27 heavy (non-hydrogen) atoms. The van der Waals surface area contributed by atoms with Gasteiger partial charge < -0.3 is 20.7 Å². The van der Waals surface area contributed by atoms with Gasteiger partial charge in [0.05, 0.1) is 5.56 Å². The number of anilines is 2. The van der Waals surface area contributed by atoms with Gasteiger partial charge in [-0.05, 0) is 31.2 Å². The van der Waals surface area contributed by atoms with E-state index in [-0.39, 0.29) is 11.6 Å². The fourth-order valence-electron chi connectivity index (χ4n) is 2.87. The summed E-state index contributed by atoms with van der Waals surface area (Å²) in [7, 11) is 1.57. The number of nitrogen functional groups attached to an aromatic ring is 1. The molecule has 2 aromatic heterocycles. The highest BCUT2D eigenvalue weighted by molar-refractivity contribution is 6.10. The number of nitrogens with one attached hydrogen (secondary N) is 1. The van der Waals surface area contributed by atoms with E-state index in [1.807, 2.05) is 12.1 Å². The van der Waals surface area contributed by atoms with Crippen molar-refractivity contribution in [3.8, 4) is 11.8 Å². The molecule has 0 atom stereocenters. The van der Waals surface area contributed by atoms with Crippen LogP contribution in [0.3, 0.4) is 0 Å². The number of hydrogen-bond acceptors (Lipinski definition) is 7. The highest BCUT2D eigenvalue weighted by Gasteiger charge is 2.18. The maximum atomic E-state index is 13.0. The summed E-state index contributed by atoms with van der Waals surface area (Å²) in [5.74, 6) is 6.46. The number of aromatic nitrogens is 2. The van der Waals surface area contributed by atoms with E-state index >= 15 is 0 Å². The fraction of sp³-hybridized carbons (Fsp3) is 0.350. The van der Waals surface area contributed by atoms with Gasteiger partial charge in [-0.2, -0.15) is 0 Å². The predicted octanol–water partition coefficient (Wildman–Crippen LogP) is 1.09. The minimum atomic E-state index is -0.259. The van der Waals surface area contributed by atoms with Crippen molar-refractivity contribution < 1.29 is 9.53 Å². The highest BCUT2D eigenvalue weighted by Crippen LogP contribution is 2.18. The normalized spacial score (nSPS) is 14.2. The molecule has 0 radical (unpaired) electrons. The van der Waals surface area contributed by atoms with E-state index in [9.17, 15) is 4.79 Å². The zero-order valence-electron chi connectivity index (χ0n) is 15.4. The Morgan fingerprint density at radius 1 is 1.37 bits per heavy atom. The Labute approximate surface area is 158 Å². The summed E-state index contributed by atoms with van der Waals surface area (Å²) in [6.07, 6.45) is 2.59. The van der Waals surface area contributed by atoms with E-state index in [1.165, 1.54) is 0 Å². The van der Waals surface area contributed by atoms with E-state index in [2.05, 4.69) is 32.0 Å². The Bertz CT molecular complexity index is 864. The Morgan fingerprint density at radius 3 is 3.11 bits per heavy atom. The highest BCUT2D eigenvalue weighted by atomic mass is 16.5. The van der Waals surface area contributed by atoms with Crippen LogP contribution >= 0.6 is 0 Å². The lowest BCUT2D eigenvalue weighted by atomic mass is 10.1. The van der Waals surface area contributed by atoms with Crippen LogP contribution in [0.15, 0.2) is 30.5 Å². The SMILES string of the molecule is COCC#Cc1cnc(N)c(C(=O)c2cccc(N3CCCNCC3)n2)c1. The summed E-state index contributed by atoms with van der Waals surface area (Å²) >= 11 is 0. The van der Waals surface area contributed by atoms with Crippen molar-refractivity contribution >= 4 is 17.4 Å². The summed E-state index contributed by atoms with van der Waals surface area (Å²) in [6.45, 7) is 3.97. The number of ketones is 1. The first kappa shape index (κ1) is 18.8. The van der Waals surface area contributed by atoms with Gasteiger partial charge in [-0.25, -0.2) is 9.97 Å². The average molecular weight is 365 g/mol. The average Bonchev–Trinajstić information content (AvgIpc) is 2.98. The lowest BCUT2D eigenvalue weighted by Gasteiger charge is -2.21. The Balaban J connectivity index is 1.86. The second kappa shape index (κ2) is 9.12. The van der Waals surface area contributed by atoms with Gasteiger partial charge in [0.15, 0.2) is 0 Å². The van der Waals surface area contributed by atoms with Gasteiger partial charge in [-0.1, -0.05) is 17.9 Å². The molecule has 2 aromatic rings. The van der Waals surface area contributed by atoms with Crippen LogP contribution in [0.2, 0.25) is 0 Å². The summed E-state index contributed by atoms with van der Waals surface area (Å²) < 4.78 is 4.91.